The first-order chi connectivity index (χ1) is 11.8. The van der Waals surface area contributed by atoms with Crippen molar-refractivity contribution in [1.29, 1.82) is 0 Å². The summed E-state index contributed by atoms with van der Waals surface area (Å²) in [6, 6.07) is 0. The molecule has 0 spiro atoms. The van der Waals surface area contributed by atoms with E-state index < -0.39 is 0 Å². The molecule has 0 heterocycles. The number of hydrogen-bond acceptors (Lipinski definition) is 0. The maximum atomic E-state index is 3.91. The number of hydrogen-bond donors (Lipinski definition) is 0. The lowest BCUT2D eigenvalue weighted by atomic mass is 9.92. The van der Waals surface area contributed by atoms with Crippen LogP contribution in [0.5, 0.6) is 0 Å². The van der Waals surface area contributed by atoms with Gasteiger partial charge in [0.25, 0.3) is 0 Å². The Morgan fingerprint density at radius 3 is 1.25 bits per heavy atom. The van der Waals surface area contributed by atoms with Crippen LogP contribution in [0.25, 0.3) is 0 Å². The average molecular weight is 338 g/mol. The van der Waals surface area contributed by atoms with E-state index in [4.69, 9.17) is 0 Å². The van der Waals surface area contributed by atoms with Crippen LogP contribution in [0.2, 0.25) is 0 Å². The van der Waals surface area contributed by atoms with E-state index in [1.54, 1.807) is 0 Å². The molecule has 0 rings (SSSR count). The molecule has 0 saturated heterocycles. The number of unbranched alkanes of at least 4 members (excludes halogenated alkanes) is 15. The molecule has 0 aromatic heterocycles. The Bertz CT molecular complexity index is 208. The minimum Gasteiger partial charge on any atom is -0.0654 e. The van der Waals surface area contributed by atoms with Gasteiger partial charge in [0, 0.05) is 0 Å². The van der Waals surface area contributed by atoms with E-state index in [1.807, 2.05) is 0 Å². The van der Waals surface area contributed by atoms with Crippen LogP contribution in [-0.4, -0.2) is 0 Å². The lowest BCUT2D eigenvalue weighted by Crippen LogP contribution is -1.99. The highest BCUT2D eigenvalue weighted by Gasteiger charge is 2.05. The second-order valence-electron chi connectivity index (χ2n) is 8.01. The van der Waals surface area contributed by atoms with Crippen molar-refractivity contribution in [1.82, 2.24) is 0 Å². The van der Waals surface area contributed by atoms with Crippen molar-refractivity contribution in [2.24, 2.45) is 5.92 Å². The van der Waals surface area contributed by atoms with Gasteiger partial charge in [0.05, 0.1) is 0 Å². The van der Waals surface area contributed by atoms with Gasteiger partial charge in [0.1, 0.15) is 0 Å². The van der Waals surface area contributed by atoms with Gasteiger partial charge in [-0.05, 0) is 5.92 Å². The van der Waals surface area contributed by atoms with Crippen LogP contribution in [0, 0.1) is 12.8 Å². The molecular formula is C24H49. The van der Waals surface area contributed by atoms with Crippen LogP contribution in [0.4, 0.5) is 0 Å². The Balaban J connectivity index is 3.28. The van der Waals surface area contributed by atoms with E-state index in [0.29, 0.717) is 0 Å². The molecule has 0 aliphatic heterocycles. The van der Waals surface area contributed by atoms with E-state index in [2.05, 4.69) is 20.8 Å². The molecule has 0 aliphatic carbocycles. The van der Waals surface area contributed by atoms with E-state index in [9.17, 15) is 0 Å². The van der Waals surface area contributed by atoms with Gasteiger partial charge in [0.15, 0.2) is 0 Å². The predicted octanol–water partition coefficient (Wildman–Crippen LogP) is 9.28. The largest absolute Gasteiger partial charge is 0.0654 e. The monoisotopic (exact) mass is 337 g/mol. The summed E-state index contributed by atoms with van der Waals surface area (Å²) in [6.45, 7) is 8.62. The van der Waals surface area contributed by atoms with E-state index in [1.165, 1.54) is 122 Å². The molecule has 0 aromatic carbocycles. The summed E-state index contributed by atoms with van der Waals surface area (Å²) >= 11 is 0. The molecule has 0 amide bonds. The van der Waals surface area contributed by atoms with Crippen LogP contribution in [0.15, 0.2) is 0 Å². The van der Waals surface area contributed by atoms with E-state index >= 15 is 0 Å². The fraction of sp³-hybridized carbons (Fsp3) is 0.958. The fourth-order valence-electron chi connectivity index (χ4n) is 3.79. The van der Waals surface area contributed by atoms with Crippen molar-refractivity contribution in [3.05, 3.63) is 6.92 Å². The SMILES string of the molecule is [CH2]CCCCCCCCCCC(CC)CCCCCCCCCC. The van der Waals surface area contributed by atoms with Gasteiger partial charge in [0.2, 0.25) is 0 Å². The predicted molar refractivity (Wildman–Crippen MR) is 113 cm³/mol. The Morgan fingerprint density at radius 2 is 0.875 bits per heavy atom. The van der Waals surface area contributed by atoms with Gasteiger partial charge in [-0.25, -0.2) is 0 Å². The highest BCUT2D eigenvalue weighted by atomic mass is 14.1. The quantitative estimate of drug-likeness (QED) is 0.194. The number of rotatable bonds is 20. The molecule has 0 fully saturated rings. The minimum absolute atomic E-state index is 1.02. The van der Waals surface area contributed by atoms with Gasteiger partial charge in [-0.15, -0.1) is 0 Å². The summed E-state index contributed by atoms with van der Waals surface area (Å²) in [5.41, 5.74) is 0. The first-order valence-corrected chi connectivity index (χ1v) is 11.6. The third-order valence-corrected chi connectivity index (χ3v) is 5.66. The van der Waals surface area contributed by atoms with Crippen molar-refractivity contribution < 1.29 is 0 Å². The highest BCUT2D eigenvalue weighted by molar-refractivity contribution is 4.59. The first-order valence-electron chi connectivity index (χ1n) is 11.6. The topological polar surface area (TPSA) is 0 Å². The van der Waals surface area contributed by atoms with Crippen LogP contribution in [0.3, 0.4) is 0 Å². The van der Waals surface area contributed by atoms with E-state index in [0.717, 1.165) is 12.3 Å². The smallest absolute Gasteiger partial charge is 0.0417 e. The summed E-state index contributed by atoms with van der Waals surface area (Å²) in [7, 11) is 0. The third-order valence-electron chi connectivity index (χ3n) is 5.66. The Morgan fingerprint density at radius 1 is 0.500 bits per heavy atom. The lowest BCUT2D eigenvalue weighted by molar-refractivity contribution is 0.392. The van der Waals surface area contributed by atoms with Crippen molar-refractivity contribution in [3.8, 4) is 0 Å². The molecule has 24 heavy (non-hydrogen) atoms. The van der Waals surface area contributed by atoms with E-state index in [-0.39, 0.29) is 0 Å². The zero-order chi connectivity index (χ0) is 17.7. The molecule has 1 unspecified atom stereocenters. The normalized spacial score (nSPS) is 12.6. The van der Waals surface area contributed by atoms with Crippen LogP contribution < -0.4 is 0 Å². The van der Waals surface area contributed by atoms with Crippen molar-refractivity contribution in [2.45, 2.75) is 142 Å². The van der Waals surface area contributed by atoms with Crippen molar-refractivity contribution >= 4 is 0 Å². The van der Waals surface area contributed by atoms with Crippen molar-refractivity contribution in [3.63, 3.8) is 0 Å². The summed E-state index contributed by atoms with van der Waals surface area (Å²) < 4.78 is 0. The molecule has 0 aliphatic rings. The molecule has 0 nitrogen and oxygen atoms in total. The minimum atomic E-state index is 1.02. The molecule has 145 valence electrons. The van der Waals surface area contributed by atoms with Gasteiger partial charge in [-0.2, -0.15) is 0 Å². The molecule has 1 radical (unpaired) electrons. The summed E-state index contributed by atoms with van der Waals surface area (Å²) in [5, 5.41) is 0. The zero-order valence-corrected chi connectivity index (χ0v) is 17.4. The van der Waals surface area contributed by atoms with Gasteiger partial charge >= 0.3 is 0 Å². The fourth-order valence-corrected chi connectivity index (χ4v) is 3.79. The lowest BCUT2D eigenvalue weighted by Gasteiger charge is -2.14. The maximum Gasteiger partial charge on any atom is -0.0417 e. The zero-order valence-electron chi connectivity index (χ0n) is 17.4. The molecule has 0 N–H and O–H groups in total. The average Bonchev–Trinajstić information content (AvgIpc) is 2.60. The van der Waals surface area contributed by atoms with Crippen LogP contribution >= 0.6 is 0 Å². The summed E-state index contributed by atoms with van der Waals surface area (Å²) in [5.74, 6) is 1.02. The third kappa shape index (κ3) is 18.3. The van der Waals surface area contributed by atoms with Gasteiger partial charge in [-0.3, -0.25) is 0 Å². The second kappa shape index (κ2) is 21.0. The molecule has 0 bridgehead atoms. The maximum absolute atomic E-state index is 3.91. The first kappa shape index (κ1) is 24.0. The Labute approximate surface area is 155 Å². The van der Waals surface area contributed by atoms with Gasteiger partial charge < -0.3 is 0 Å². The van der Waals surface area contributed by atoms with Crippen LogP contribution in [0.1, 0.15) is 142 Å². The Hall–Kier alpha value is 0. The molecule has 0 heteroatoms. The standard InChI is InChI=1S/C24H49/c1-4-7-9-11-13-15-17-19-21-23-24(6-3)22-20-18-16-14-12-10-8-5-2/h24H,1,4-23H2,2-3H3. The van der Waals surface area contributed by atoms with Crippen LogP contribution in [-0.2, 0) is 0 Å². The molecule has 1 atom stereocenters. The summed E-state index contributed by atoms with van der Waals surface area (Å²) in [4.78, 5) is 0. The van der Waals surface area contributed by atoms with Crippen molar-refractivity contribution in [2.75, 3.05) is 0 Å². The second-order valence-corrected chi connectivity index (χ2v) is 8.01. The molecule has 0 saturated carbocycles. The molecular weight excluding hydrogens is 288 g/mol. The highest BCUT2D eigenvalue weighted by Crippen LogP contribution is 2.22. The Kier molecular flexibility index (Phi) is 21.0. The summed E-state index contributed by atoms with van der Waals surface area (Å²) in [6.07, 6.45) is 28.7. The molecule has 0 aromatic rings. The van der Waals surface area contributed by atoms with Gasteiger partial charge in [-0.1, -0.05) is 149 Å².